The predicted octanol–water partition coefficient (Wildman–Crippen LogP) is -0.0536. The molecule has 0 bridgehead atoms. The van der Waals surface area contributed by atoms with Gasteiger partial charge >= 0.3 is 0 Å². The van der Waals surface area contributed by atoms with Crippen LogP contribution in [0.25, 0.3) is 0 Å². The summed E-state index contributed by atoms with van der Waals surface area (Å²) in [6, 6.07) is 9.93. The molecule has 0 amide bonds. The summed E-state index contributed by atoms with van der Waals surface area (Å²) in [6.45, 7) is 2.21. The van der Waals surface area contributed by atoms with Gasteiger partial charge in [0.2, 0.25) is 10.0 Å². The number of nitrogens with one attached hydrogen (secondary N) is 1. The van der Waals surface area contributed by atoms with Crippen molar-refractivity contribution < 1.29 is 18.6 Å². The van der Waals surface area contributed by atoms with E-state index in [1.165, 1.54) is 12.1 Å². The Morgan fingerprint density at radius 1 is 1.38 bits per heavy atom. The van der Waals surface area contributed by atoms with Crippen LogP contribution in [0.5, 0.6) is 0 Å². The Hall–Kier alpha value is -1.78. The molecule has 1 aliphatic heterocycles. The Kier molecular flexibility index (Phi) is 5.18. The molecule has 2 atom stereocenters. The van der Waals surface area contributed by atoms with Crippen LogP contribution >= 0.6 is 0 Å². The maximum atomic E-state index is 12.7. The molecule has 3 N–H and O–H groups in total. The van der Waals surface area contributed by atoms with Gasteiger partial charge < -0.3 is 10.2 Å². The van der Waals surface area contributed by atoms with Gasteiger partial charge in [0.1, 0.15) is 5.60 Å². The molecule has 3 rings (SSSR count). The molecule has 0 saturated carbocycles. The fourth-order valence-electron chi connectivity index (χ4n) is 3.27. The molecule has 1 aromatic carbocycles. The lowest BCUT2D eigenvalue weighted by Crippen LogP contribution is -2.50. The number of rotatable bonds is 6. The van der Waals surface area contributed by atoms with Gasteiger partial charge in [-0.05, 0) is 32.2 Å². The molecule has 26 heavy (non-hydrogen) atoms. The van der Waals surface area contributed by atoms with Crippen LogP contribution in [0, 0.1) is 6.92 Å². The number of aromatic amines is 1. The Morgan fingerprint density at radius 2 is 2.08 bits per heavy atom. The molecular weight excluding hydrogens is 356 g/mol. The molecule has 0 aliphatic carbocycles. The molecule has 1 aliphatic rings. The predicted molar refractivity (Wildman–Crippen MR) is 95.8 cm³/mol. The number of likely N-dealkylation sites (N-methyl/N-ethyl adjacent to an activating group) is 1. The summed E-state index contributed by atoms with van der Waals surface area (Å²) in [6.07, 6.45) is -1.16. The Morgan fingerprint density at radius 3 is 2.69 bits per heavy atom. The van der Waals surface area contributed by atoms with Crippen LogP contribution in [0.1, 0.15) is 11.4 Å². The zero-order chi connectivity index (χ0) is 18.9. The molecule has 0 spiro atoms. The summed E-state index contributed by atoms with van der Waals surface area (Å²) >= 11 is 0. The van der Waals surface area contributed by atoms with Crippen molar-refractivity contribution in [3.63, 3.8) is 0 Å². The van der Waals surface area contributed by atoms with Gasteiger partial charge in [-0.15, -0.1) is 0 Å². The van der Waals surface area contributed by atoms with Crippen molar-refractivity contribution in [3.05, 3.63) is 47.8 Å². The summed E-state index contributed by atoms with van der Waals surface area (Å²) in [5, 5.41) is 28.2. The quantitative estimate of drug-likeness (QED) is 0.648. The van der Waals surface area contributed by atoms with Gasteiger partial charge in [0, 0.05) is 31.9 Å². The average Bonchev–Trinajstić information content (AvgIpc) is 3.12. The number of aliphatic hydroxyl groups is 2. The Labute approximate surface area is 153 Å². The number of aryl methyl sites for hydroxylation is 1. The highest BCUT2D eigenvalue weighted by Crippen LogP contribution is 2.28. The number of aromatic nitrogens is 2. The molecule has 1 fully saturated rings. The van der Waals surface area contributed by atoms with Gasteiger partial charge in [0.25, 0.3) is 0 Å². The highest BCUT2D eigenvalue weighted by molar-refractivity contribution is 7.89. The summed E-state index contributed by atoms with van der Waals surface area (Å²) < 4.78 is 26.6. The highest BCUT2D eigenvalue weighted by atomic mass is 32.2. The van der Waals surface area contributed by atoms with Crippen LogP contribution in [-0.4, -0.2) is 76.4 Å². The van der Waals surface area contributed by atoms with Crippen LogP contribution in [0.3, 0.4) is 0 Å². The number of nitrogens with zero attached hydrogens (tertiary/aromatic N) is 3. The molecule has 1 aromatic heterocycles. The number of H-pyrrole nitrogens is 1. The fourth-order valence-corrected chi connectivity index (χ4v) is 4.80. The minimum atomic E-state index is -3.76. The number of hydrogen-bond donors (Lipinski definition) is 3. The van der Waals surface area contributed by atoms with E-state index in [4.69, 9.17) is 0 Å². The normalized spacial score (nSPS) is 24.4. The van der Waals surface area contributed by atoms with Gasteiger partial charge in [0.05, 0.1) is 16.7 Å². The van der Waals surface area contributed by atoms with Crippen molar-refractivity contribution in [2.75, 3.05) is 26.7 Å². The summed E-state index contributed by atoms with van der Waals surface area (Å²) in [5.41, 5.74) is 0.213. The van der Waals surface area contributed by atoms with E-state index in [1.54, 1.807) is 25.2 Å². The fraction of sp³-hybridized carbons (Fsp3) is 0.471. The second-order valence-electron chi connectivity index (χ2n) is 6.94. The lowest BCUT2D eigenvalue weighted by Gasteiger charge is -2.30. The van der Waals surface area contributed by atoms with Crippen LogP contribution < -0.4 is 0 Å². The van der Waals surface area contributed by atoms with Crippen LogP contribution in [-0.2, 0) is 16.6 Å². The van der Waals surface area contributed by atoms with Crippen molar-refractivity contribution in [1.29, 1.82) is 0 Å². The maximum absolute atomic E-state index is 12.7. The third-order valence-electron chi connectivity index (χ3n) is 4.56. The van der Waals surface area contributed by atoms with E-state index < -0.39 is 21.7 Å². The molecule has 8 nitrogen and oxygen atoms in total. The molecule has 142 valence electrons. The summed E-state index contributed by atoms with van der Waals surface area (Å²) in [7, 11) is -1.96. The number of sulfonamides is 1. The maximum Gasteiger partial charge on any atom is 0.243 e. The van der Waals surface area contributed by atoms with Crippen molar-refractivity contribution in [3.8, 4) is 0 Å². The third-order valence-corrected chi connectivity index (χ3v) is 6.39. The monoisotopic (exact) mass is 380 g/mol. The number of β-amino-alcohol motifs (C(OH)–C–C–N with tert-alkyl or cyclic N) is 2. The number of aliphatic hydroxyl groups excluding tert-OH is 1. The second kappa shape index (κ2) is 7.09. The second-order valence-corrected chi connectivity index (χ2v) is 8.88. The van der Waals surface area contributed by atoms with Crippen LogP contribution in [0.4, 0.5) is 0 Å². The molecule has 9 heteroatoms. The van der Waals surface area contributed by atoms with Crippen molar-refractivity contribution >= 4 is 10.0 Å². The van der Waals surface area contributed by atoms with E-state index in [9.17, 15) is 18.6 Å². The highest BCUT2D eigenvalue weighted by Gasteiger charge is 2.49. The Bertz CT molecular complexity index is 855. The number of benzene rings is 1. The molecule has 1 saturated heterocycles. The van der Waals surface area contributed by atoms with Gasteiger partial charge in [-0.3, -0.25) is 10.00 Å². The Balaban J connectivity index is 1.70. The first-order valence-corrected chi connectivity index (χ1v) is 9.80. The first kappa shape index (κ1) is 19.0. The van der Waals surface area contributed by atoms with E-state index >= 15 is 0 Å². The van der Waals surface area contributed by atoms with E-state index in [0.29, 0.717) is 6.54 Å². The largest absolute Gasteiger partial charge is 0.389 e. The van der Waals surface area contributed by atoms with Crippen LogP contribution in [0.2, 0.25) is 0 Å². The molecule has 2 aromatic rings. The summed E-state index contributed by atoms with van der Waals surface area (Å²) in [4.78, 5) is 1.97. The van der Waals surface area contributed by atoms with Crippen molar-refractivity contribution in [2.24, 2.45) is 0 Å². The first-order valence-electron chi connectivity index (χ1n) is 8.36. The van der Waals surface area contributed by atoms with Gasteiger partial charge in [-0.1, -0.05) is 18.2 Å². The molecule has 2 heterocycles. The SMILES string of the molecule is Cc1cc(CN(C)C[C@]2(O)CN(S(=O)(=O)c3ccccc3)C[C@H]2O)n[nH]1. The number of hydrogen-bond acceptors (Lipinski definition) is 6. The van der Waals surface area contributed by atoms with E-state index in [-0.39, 0.29) is 24.5 Å². The summed E-state index contributed by atoms with van der Waals surface area (Å²) in [5.74, 6) is 0. The lowest BCUT2D eigenvalue weighted by molar-refractivity contribution is -0.0584. The van der Waals surface area contributed by atoms with Gasteiger partial charge in [0.15, 0.2) is 0 Å². The third kappa shape index (κ3) is 3.81. The standard InChI is InChI=1S/C17H24N4O4S/c1-13-8-14(19-18-13)9-20(2)11-17(23)12-21(10-16(17)22)26(24,25)15-6-4-3-5-7-15/h3-8,16,22-23H,9-12H2,1-2H3,(H,18,19)/t16-,17+/m1/s1. The molecule has 0 unspecified atom stereocenters. The topological polar surface area (TPSA) is 110 Å². The zero-order valence-corrected chi connectivity index (χ0v) is 15.6. The van der Waals surface area contributed by atoms with E-state index in [0.717, 1.165) is 15.7 Å². The van der Waals surface area contributed by atoms with Crippen LogP contribution in [0.15, 0.2) is 41.3 Å². The van der Waals surface area contributed by atoms with Crippen molar-refractivity contribution in [1.82, 2.24) is 19.4 Å². The lowest BCUT2D eigenvalue weighted by atomic mass is 10.00. The van der Waals surface area contributed by atoms with E-state index in [2.05, 4.69) is 10.2 Å². The first-order chi connectivity index (χ1) is 12.2. The zero-order valence-electron chi connectivity index (χ0n) is 14.8. The average molecular weight is 380 g/mol. The minimum absolute atomic E-state index is 0.126. The van der Waals surface area contributed by atoms with Gasteiger partial charge in [-0.25, -0.2) is 8.42 Å². The van der Waals surface area contributed by atoms with Gasteiger partial charge in [-0.2, -0.15) is 9.40 Å². The molecular formula is C17H24N4O4S. The smallest absolute Gasteiger partial charge is 0.243 e. The molecule has 0 radical (unpaired) electrons. The van der Waals surface area contributed by atoms with E-state index in [1.807, 2.05) is 17.9 Å². The minimum Gasteiger partial charge on any atom is -0.389 e. The van der Waals surface area contributed by atoms with Crippen molar-refractivity contribution in [2.45, 2.75) is 30.1 Å².